The highest BCUT2D eigenvalue weighted by Crippen LogP contribution is 2.26. The Kier molecular flexibility index (Phi) is 5.43. The minimum absolute atomic E-state index is 0.0533. The number of hydrogen-bond acceptors (Lipinski definition) is 5. The molecule has 33 heavy (non-hydrogen) atoms. The van der Waals surface area contributed by atoms with E-state index in [9.17, 15) is 9.90 Å². The number of aromatic nitrogens is 3. The lowest BCUT2D eigenvalue weighted by Crippen LogP contribution is -2.14. The van der Waals surface area contributed by atoms with Gasteiger partial charge < -0.3 is 15.7 Å². The highest BCUT2D eigenvalue weighted by atomic mass is 16.3. The number of rotatable bonds is 6. The molecule has 0 saturated heterocycles. The third kappa shape index (κ3) is 4.67. The second-order valence-corrected chi connectivity index (χ2v) is 7.59. The van der Waals surface area contributed by atoms with Gasteiger partial charge in [0.25, 0.3) is 0 Å². The minimum atomic E-state index is -0.0533. The minimum Gasteiger partial charge on any atom is -0.506 e. The molecule has 5 aromatic rings. The number of benzene rings is 3. The molecule has 0 fully saturated rings. The van der Waals surface area contributed by atoms with Crippen molar-refractivity contribution in [3.63, 3.8) is 0 Å². The molecule has 0 atom stereocenters. The number of fused-ring (bicyclic) bond motifs is 1. The number of anilines is 3. The number of hydrogen-bond donors (Lipinski definition) is 3. The number of nitrogens with one attached hydrogen (secondary N) is 2. The standard InChI is InChI=1S/C26H21N5O2/c32-23-9-5-4-8-22(23)28-26-29-24-15-12-20(17-31(24)30-26)19-10-13-21(14-11-19)27-25(33)16-18-6-2-1-3-7-18/h1-15,17,32H,16H2,(H,27,33)(H,28,30). The molecule has 7 heteroatoms. The van der Waals surface area contributed by atoms with Crippen LogP contribution in [-0.2, 0) is 11.2 Å². The number of amides is 1. The zero-order valence-electron chi connectivity index (χ0n) is 17.6. The monoisotopic (exact) mass is 435 g/mol. The molecule has 0 aliphatic heterocycles. The van der Waals surface area contributed by atoms with E-state index in [2.05, 4.69) is 20.7 Å². The van der Waals surface area contributed by atoms with Crippen molar-refractivity contribution in [2.24, 2.45) is 0 Å². The maximum absolute atomic E-state index is 12.3. The Balaban J connectivity index is 1.29. The molecule has 7 nitrogen and oxygen atoms in total. The molecule has 0 spiro atoms. The van der Waals surface area contributed by atoms with E-state index in [1.807, 2.05) is 79.0 Å². The number of nitrogens with zero attached hydrogens (tertiary/aromatic N) is 3. The molecule has 0 aliphatic rings. The van der Waals surface area contributed by atoms with Gasteiger partial charge in [0.15, 0.2) is 5.65 Å². The van der Waals surface area contributed by atoms with Gasteiger partial charge in [-0.1, -0.05) is 54.6 Å². The van der Waals surface area contributed by atoms with Crippen molar-refractivity contribution in [2.45, 2.75) is 6.42 Å². The fraction of sp³-hybridized carbons (Fsp3) is 0.0385. The van der Waals surface area contributed by atoms with Crippen LogP contribution < -0.4 is 10.6 Å². The maximum Gasteiger partial charge on any atom is 0.247 e. The Morgan fingerprint density at radius 2 is 1.58 bits per heavy atom. The van der Waals surface area contributed by atoms with E-state index < -0.39 is 0 Å². The zero-order chi connectivity index (χ0) is 22.6. The number of carbonyl (C=O) groups is 1. The fourth-order valence-corrected chi connectivity index (χ4v) is 3.54. The first-order chi connectivity index (χ1) is 16.1. The number of phenols is 1. The van der Waals surface area contributed by atoms with Crippen molar-refractivity contribution in [2.75, 3.05) is 10.6 Å². The van der Waals surface area contributed by atoms with Crippen LogP contribution in [0.2, 0.25) is 0 Å². The summed E-state index contributed by atoms with van der Waals surface area (Å²) in [6.45, 7) is 0. The van der Waals surface area contributed by atoms with Crippen LogP contribution in [0.5, 0.6) is 5.75 Å². The Labute approximate surface area is 190 Å². The van der Waals surface area contributed by atoms with Gasteiger partial charge >= 0.3 is 0 Å². The molecule has 1 amide bonds. The molecule has 0 aliphatic carbocycles. The first kappa shape index (κ1) is 20.3. The number of carbonyl (C=O) groups excluding carboxylic acids is 1. The summed E-state index contributed by atoms with van der Waals surface area (Å²) in [5.74, 6) is 0.473. The first-order valence-corrected chi connectivity index (χ1v) is 10.5. The van der Waals surface area contributed by atoms with Crippen molar-refractivity contribution in [1.29, 1.82) is 0 Å². The van der Waals surface area contributed by atoms with Gasteiger partial charge in [0.2, 0.25) is 11.9 Å². The number of aromatic hydroxyl groups is 1. The molecule has 0 unspecified atom stereocenters. The summed E-state index contributed by atoms with van der Waals surface area (Å²) in [5.41, 5.74) is 4.90. The lowest BCUT2D eigenvalue weighted by Gasteiger charge is -2.07. The second-order valence-electron chi connectivity index (χ2n) is 7.59. The van der Waals surface area contributed by atoms with E-state index in [0.29, 0.717) is 23.7 Å². The van der Waals surface area contributed by atoms with Crippen LogP contribution >= 0.6 is 0 Å². The molecule has 2 heterocycles. The molecule has 162 valence electrons. The lowest BCUT2D eigenvalue weighted by molar-refractivity contribution is -0.115. The average molecular weight is 435 g/mol. The van der Waals surface area contributed by atoms with Crippen LogP contribution in [0.15, 0.2) is 97.2 Å². The van der Waals surface area contributed by atoms with Gasteiger partial charge in [0.05, 0.1) is 12.1 Å². The van der Waals surface area contributed by atoms with Gasteiger partial charge in [-0.15, -0.1) is 5.10 Å². The Bertz CT molecular complexity index is 1410. The zero-order valence-corrected chi connectivity index (χ0v) is 17.6. The van der Waals surface area contributed by atoms with Crippen LogP contribution in [0.1, 0.15) is 5.56 Å². The van der Waals surface area contributed by atoms with Crippen molar-refractivity contribution < 1.29 is 9.90 Å². The van der Waals surface area contributed by atoms with E-state index >= 15 is 0 Å². The molecule has 0 bridgehead atoms. The Hall–Kier alpha value is -4.65. The molecule has 2 aromatic heterocycles. The van der Waals surface area contributed by atoms with Gasteiger partial charge in [-0.3, -0.25) is 4.79 Å². The van der Waals surface area contributed by atoms with Gasteiger partial charge in [-0.2, -0.15) is 4.98 Å². The van der Waals surface area contributed by atoms with E-state index in [4.69, 9.17) is 0 Å². The number of phenolic OH excluding ortho intramolecular Hbond substituents is 1. The van der Waals surface area contributed by atoms with Gasteiger partial charge in [0.1, 0.15) is 5.75 Å². The highest BCUT2D eigenvalue weighted by molar-refractivity contribution is 5.92. The van der Waals surface area contributed by atoms with Crippen LogP contribution in [0, 0.1) is 0 Å². The van der Waals surface area contributed by atoms with Crippen LogP contribution in [0.3, 0.4) is 0 Å². The average Bonchev–Trinajstić information content (AvgIpc) is 3.23. The van der Waals surface area contributed by atoms with Crippen LogP contribution in [0.4, 0.5) is 17.3 Å². The second kappa shape index (κ2) is 8.84. The Morgan fingerprint density at radius 1 is 0.848 bits per heavy atom. The van der Waals surface area contributed by atoms with Crippen molar-refractivity contribution in [3.8, 4) is 16.9 Å². The molecule has 0 saturated carbocycles. The third-order valence-electron chi connectivity index (χ3n) is 5.19. The van der Waals surface area contributed by atoms with Crippen LogP contribution in [-0.4, -0.2) is 25.6 Å². The van der Waals surface area contributed by atoms with Crippen molar-refractivity contribution in [1.82, 2.24) is 14.6 Å². The highest BCUT2D eigenvalue weighted by Gasteiger charge is 2.09. The first-order valence-electron chi connectivity index (χ1n) is 10.5. The summed E-state index contributed by atoms with van der Waals surface area (Å²) in [4.78, 5) is 16.7. The van der Waals surface area contributed by atoms with E-state index in [1.54, 1.807) is 22.7 Å². The smallest absolute Gasteiger partial charge is 0.247 e. The van der Waals surface area contributed by atoms with Crippen LogP contribution in [0.25, 0.3) is 16.8 Å². The predicted molar refractivity (Wildman–Crippen MR) is 129 cm³/mol. The largest absolute Gasteiger partial charge is 0.506 e. The predicted octanol–water partition coefficient (Wildman–Crippen LogP) is 5.03. The fourth-order valence-electron chi connectivity index (χ4n) is 3.54. The summed E-state index contributed by atoms with van der Waals surface area (Å²) in [6.07, 6.45) is 2.23. The molecule has 3 aromatic carbocycles. The molecule has 5 rings (SSSR count). The van der Waals surface area contributed by atoms with Crippen molar-refractivity contribution >= 4 is 28.9 Å². The lowest BCUT2D eigenvalue weighted by atomic mass is 10.1. The summed E-state index contributed by atoms with van der Waals surface area (Å²) < 4.78 is 1.69. The maximum atomic E-state index is 12.3. The SMILES string of the molecule is O=C(Cc1ccccc1)Nc1ccc(-c2ccc3nc(Nc4ccccc4O)nn3c2)cc1. The third-order valence-corrected chi connectivity index (χ3v) is 5.19. The summed E-state index contributed by atoms with van der Waals surface area (Å²) in [7, 11) is 0. The molecule has 0 radical (unpaired) electrons. The van der Waals surface area contributed by atoms with E-state index in [0.717, 1.165) is 22.4 Å². The number of para-hydroxylation sites is 2. The van der Waals surface area contributed by atoms with Gasteiger partial charge in [-0.05, 0) is 47.5 Å². The molecular weight excluding hydrogens is 414 g/mol. The van der Waals surface area contributed by atoms with Gasteiger partial charge in [0, 0.05) is 17.4 Å². The normalized spacial score (nSPS) is 10.8. The molecular formula is C26H21N5O2. The Morgan fingerprint density at radius 3 is 2.36 bits per heavy atom. The topological polar surface area (TPSA) is 91.5 Å². The van der Waals surface area contributed by atoms with Crippen molar-refractivity contribution in [3.05, 3.63) is 103 Å². The molecule has 3 N–H and O–H groups in total. The summed E-state index contributed by atoms with van der Waals surface area (Å²) >= 11 is 0. The van der Waals surface area contributed by atoms with E-state index in [1.165, 1.54) is 0 Å². The quantitative estimate of drug-likeness (QED) is 0.326. The van der Waals surface area contributed by atoms with E-state index in [-0.39, 0.29) is 11.7 Å². The summed E-state index contributed by atoms with van der Waals surface area (Å²) in [5, 5.41) is 20.4. The van der Waals surface area contributed by atoms with Gasteiger partial charge in [-0.25, -0.2) is 4.52 Å². The summed E-state index contributed by atoms with van der Waals surface area (Å²) in [6, 6.07) is 28.1. The number of pyridine rings is 1.